The third-order valence-corrected chi connectivity index (χ3v) is 3.52. The summed E-state index contributed by atoms with van der Waals surface area (Å²) in [6.45, 7) is 6.02. The summed E-state index contributed by atoms with van der Waals surface area (Å²) in [7, 11) is 3.36. The first-order chi connectivity index (χ1) is 9.27. The predicted octanol–water partition coefficient (Wildman–Crippen LogP) is 2.18. The minimum Gasteiger partial charge on any atom is -0.329 e. The van der Waals surface area contributed by atoms with Crippen LogP contribution in [0.1, 0.15) is 39.4 Å². The summed E-state index contributed by atoms with van der Waals surface area (Å²) in [5.74, 6) is 1.38. The Morgan fingerprint density at radius 2 is 2.05 bits per heavy atom. The molecular formula is C13H22N4O2S. The molecule has 112 valence electrons. The summed E-state index contributed by atoms with van der Waals surface area (Å²) < 4.78 is 1.34. The summed E-state index contributed by atoms with van der Waals surface area (Å²) in [5.41, 5.74) is -0.212. The van der Waals surface area contributed by atoms with Gasteiger partial charge in [-0.15, -0.1) is 5.10 Å². The van der Waals surface area contributed by atoms with Crippen LogP contribution in [0.25, 0.3) is 0 Å². The molecule has 1 aromatic heterocycles. The molecule has 0 radical (unpaired) electrons. The monoisotopic (exact) mass is 298 g/mol. The topological polar surface area (TPSA) is 68.1 Å². The highest BCUT2D eigenvalue weighted by Gasteiger charge is 2.25. The number of rotatable bonds is 5. The lowest BCUT2D eigenvalue weighted by Gasteiger charge is -2.13. The van der Waals surface area contributed by atoms with Crippen LogP contribution < -0.4 is 0 Å². The number of carbonyl (C=O) groups excluding carboxylic acids is 2. The van der Waals surface area contributed by atoms with Crippen molar-refractivity contribution in [1.29, 1.82) is 0 Å². The van der Waals surface area contributed by atoms with Crippen molar-refractivity contribution in [2.75, 3.05) is 19.8 Å². The maximum absolute atomic E-state index is 12.1. The van der Waals surface area contributed by atoms with E-state index >= 15 is 0 Å². The van der Waals surface area contributed by atoms with Crippen LogP contribution in [-0.4, -0.2) is 51.8 Å². The number of nitrogens with zero attached hydrogens (tertiary/aromatic N) is 4. The van der Waals surface area contributed by atoms with E-state index in [4.69, 9.17) is 0 Å². The van der Waals surface area contributed by atoms with Crippen molar-refractivity contribution in [2.24, 2.45) is 0 Å². The number of hydrogen-bond donors (Lipinski definition) is 0. The molecular weight excluding hydrogens is 276 g/mol. The van der Waals surface area contributed by atoms with Gasteiger partial charge in [-0.1, -0.05) is 32.5 Å². The Bertz CT molecular complexity index is 477. The number of thioether (sulfide) groups is 1. The van der Waals surface area contributed by atoms with Crippen molar-refractivity contribution in [3.05, 3.63) is 5.82 Å². The number of aldehydes is 1. The van der Waals surface area contributed by atoms with Gasteiger partial charge in [0.2, 0.25) is 0 Å². The maximum Gasteiger partial charge on any atom is 0.346 e. The Hall–Kier alpha value is -1.37. The lowest BCUT2D eigenvalue weighted by Crippen LogP contribution is -2.29. The van der Waals surface area contributed by atoms with Gasteiger partial charge in [0.25, 0.3) is 0 Å². The maximum atomic E-state index is 12.1. The number of unbranched alkanes of at least 4 members (excludes halogenated alkanes) is 1. The van der Waals surface area contributed by atoms with E-state index in [-0.39, 0.29) is 11.4 Å². The predicted molar refractivity (Wildman–Crippen MR) is 79.2 cm³/mol. The summed E-state index contributed by atoms with van der Waals surface area (Å²) in [5, 5.41) is 4.91. The molecule has 0 fully saturated rings. The normalized spacial score (nSPS) is 11.4. The van der Waals surface area contributed by atoms with E-state index in [1.807, 2.05) is 20.8 Å². The molecule has 7 heteroatoms. The minimum atomic E-state index is -0.217. The van der Waals surface area contributed by atoms with E-state index in [0.717, 1.165) is 18.5 Å². The Balaban J connectivity index is 2.97. The van der Waals surface area contributed by atoms with Crippen molar-refractivity contribution in [3.63, 3.8) is 0 Å². The number of carbonyl (C=O) groups is 2. The van der Waals surface area contributed by atoms with Crippen molar-refractivity contribution >= 4 is 24.1 Å². The van der Waals surface area contributed by atoms with Crippen LogP contribution in [-0.2, 0) is 10.2 Å². The molecule has 1 heterocycles. The first-order valence-electron chi connectivity index (χ1n) is 6.53. The molecule has 1 rings (SSSR count). The zero-order chi connectivity index (χ0) is 15.3. The van der Waals surface area contributed by atoms with Crippen LogP contribution >= 0.6 is 11.8 Å². The quantitative estimate of drug-likeness (QED) is 0.473. The second-order valence-corrected chi connectivity index (χ2v) is 6.78. The average Bonchev–Trinajstić information content (AvgIpc) is 2.77. The van der Waals surface area contributed by atoms with E-state index < -0.39 is 0 Å². The molecule has 0 unspecified atom stereocenters. The molecule has 0 spiro atoms. The summed E-state index contributed by atoms with van der Waals surface area (Å²) in [4.78, 5) is 28.4. The number of hydrogen-bond acceptors (Lipinski definition) is 5. The smallest absolute Gasteiger partial charge is 0.329 e. The summed E-state index contributed by atoms with van der Waals surface area (Å²) in [6, 6.07) is -0.217. The van der Waals surface area contributed by atoms with E-state index in [2.05, 4.69) is 10.1 Å². The second kappa shape index (κ2) is 6.88. The molecule has 0 aliphatic carbocycles. The van der Waals surface area contributed by atoms with Crippen LogP contribution in [0.15, 0.2) is 5.16 Å². The zero-order valence-electron chi connectivity index (χ0n) is 12.7. The molecule has 0 atom stereocenters. The van der Waals surface area contributed by atoms with Crippen LogP contribution in [0, 0.1) is 0 Å². The third kappa shape index (κ3) is 4.33. The zero-order valence-corrected chi connectivity index (χ0v) is 13.5. The molecule has 0 saturated carbocycles. The van der Waals surface area contributed by atoms with Gasteiger partial charge < -0.3 is 9.69 Å². The molecule has 0 bridgehead atoms. The summed E-state index contributed by atoms with van der Waals surface area (Å²) >= 11 is 1.45. The largest absolute Gasteiger partial charge is 0.346 e. The van der Waals surface area contributed by atoms with Crippen molar-refractivity contribution < 1.29 is 9.59 Å². The lowest BCUT2D eigenvalue weighted by atomic mass is 9.96. The molecule has 1 amide bonds. The highest BCUT2D eigenvalue weighted by Crippen LogP contribution is 2.24. The third-order valence-electron chi connectivity index (χ3n) is 2.51. The van der Waals surface area contributed by atoms with Gasteiger partial charge in [-0.2, -0.15) is 4.68 Å². The van der Waals surface area contributed by atoms with Crippen molar-refractivity contribution in [3.8, 4) is 0 Å². The van der Waals surface area contributed by atoms with Crippen LogP contribution in [0.5, 0.6) is 0 Å². The van der Waals surface area contributed by atoms with Gasteiger partial charge in [0.1, 0.15) is 6.29 Å². The van der Waals surface area contributed by atoms with Gasteiger partial charge in [-0.25, -0.2) is 9.78 Å². The van der Waals surface area contributed by atoms with E-state index in [1.165, 1.54) is 21.3 Å². The number of amides is 1. The highest BCUT2D eigenvalue weighted by molar-refractivity contribution is 7.99. The van der Waals surface area contributed by atoms with E-state index in [1.54, 1.807) is 14.1 Å². The Morgan fingerprint density at radius 1 is 1.40 bits per heavy atom. The number of aromatic nitrogens is 3. The average molecular weight is 298 g/mol. The molecule has 0 aliphatic heterocycles. The molecule has 20 heavy (non-hydrogen) atoms. The molecule has 0 aromatic carbocycles. The van der Waals surface area contributed by atoms with E-state index in [9.17, 15) is 9.59 Å². The second-order valence-electron chi connectivity index (χ2n) is 5.71. The minimum absolute atomic E-state index is 0.212. The van der Waals surface area contributed by atoms with Gasteiger partial charge in [0.15, 0.2) is 11.0 Å². The lowest BCUT2D eigenvalue weighted by molar-refractivity contribution is -0.107. The molecule has 6 nitrogen and oxygen atoms in total. The van der Waals surface area contributed by atoms with Crippen molar-refractivity contribution in [1.82, 2.24) is 19.7 Å². The standard InChI is InChI=1S/C13H22N4O2S/c1-13(2,3)10-14-11(20-9-7-6-8-18)17(15-10)12(19)16(4)5/h8H,6-7,9H2,1-5H3. The van der Waals surface area contributed by atoms with Gasteiger partial charge in [-0.05, 0) is 6.42 Å². The Kier molecular flexibility index (Phi) is 5.74. The van der Waals surface area contributed by atoms with Crippen LogP contribution in [0.2, 0.25) is 0 Å². The fourth-order valence-corrected chi connectivity index (χ4v) is 2.24. The van der Waals surface area contributed by atoms with Gasteiger partial charge in [0, 0.05) is 31.7 Å². The van der Waals surface area contributed by atoms with Crippen LogP contribution in [0.3, 0.4) is 0 Å². The fourth-order valence-electron chi connectivity index (χ4n) is 1.35. The molecule has 1 aromatic rings. The van der Waals surface area contributed by atoms with Crippen molar-refractivity contribution in [2.45, 2.75) is 44.2 Å². The Labute approximate surface area is 123 Å². The highest BCUT2D eigenvalue weighted by atomic mass is 32.2. The van der Waals surface area contributed by atoms with Crippen LogP contribution in [0.4, 0.5) is 4.79 Å². The molecule has 0 saturated heterocycles. The molecule has 0 aliphatic rings. The van der Waals surface area contributed by atoms with E-state index in [0.29, 0.717) is 17.4 Å². The van der Waals surface area contributed by atoms with Gasteiger partial charge >= 0.3 is 6.03 Å². The first-order valence-corrected chi connectivity index (χ1v) is 7.51. The summed E-state index contributed by atoms with van der Waals surface area (Å²) in [6.07, 6.45) is 2.19. The van der Waals surface area contributed by atoms with Gasteiger partial charge in [0.05, 0.1) is 0 Å². The fraction of sp³-hybridized carbons (Fsp3) is 0.692. The van der Waals surface area contributed by atoms with Gasteiger partial charge in [-0.3, -0.25) is 0 Å². The Morgan fingerprint density at radius 3 is 2.55 bits per heavy atom. The SMILES string of the molecule is CN(C)C(=O)n1nc(C(C)(C)C)nc1SCCCC=O. The first kappa shape index (κ1) is 16.7. The molecule has 0 N–H and O–H groups in total.